The number of hydrogen-bond donors (Lipinski definition) is 2. The van der Waals surface area contributed by atoms with Crippen LogP contribution in [0.15, 0.2) is 60.7 Å². The first-order chi connectivity index (χ1) is 11.2. The van der Waals surface area contributed by atoms with Gasteiger partial charge in [0.1, 0.15) is 0 Å². The molecule has 1 atom stereocenters. The molecule has 0 aromatic heterocycles. The molecule has 0 heterocycles. The molecule has 1 aliphatic carbocycles. The number of nitrogens with one attached hydrogen (secondary N) is 1. The molecule has 3 nitrogen and oxygen atoms in total. The smallest absolute Gasteiger partial charge is 0.221 e. The van der Waals surface area contributed by atoms with E-state index in [0.29, 0.717) is 18.9 Å². The van der Waals surface area contributed by atoms with E-state index in [9.17, 15) is 4.79 Å². The molecule has 0 radical (unpaired) electrons. The minimum absolute atomic E-state index is 0. The molecule has 2 aromatic carbocycles. The Kier molecular flexibility index (Phi) is 6.83. The van der Waals surface area contributed by atoms with Crippen LogP contribution in [0.5, 0.6) is 0 Å². The van der Waals surface area contributed by atoms with Crippen LogP contribution in [0.4, 0.5) is 0 Å². The summed E-state index contributed by atoms with van der Waals surface area (Å²) in [4.78, 5) is 12.4. The van der Waals surface area contributed by atoms with Crippen LogP contribution in [0.3, 0.4) is 0 Å². The Morgan fingerprint density at radius 2 is 1.50 bits per heavy atom. The van der Waals surface area contributed by atoms with Crippen LogP contribution in [0.1, 0.15) is 36.3 Å². The molecule has 128 valence electrons. The highest BCUT2D eigenvalue weighted by Gasteiger charge is 2.28. The normalized spacial score (nSPS) is 14.8. The molecule has 3 N–H and O–H groups in total. The van der Waals surface area contributed by atoms with E-state index in [2.05, 4.69) is 29.6 Å². The molecule has 1 unspecified atom stereocenters. The fourth-order valence-electron chi connectivity index (χ4n) is 2.98. The highest BCUT2D eigenvalue weighted by atomic mass is 35.5. The molecule has 0 spiro atoms. The van der Waals surface area contributed by atoms with E-state index >= 15 is 0 Å². The average Bonchev–Trinajstić information content (AvgIpc) is 3.44. The van der Waals surface area contributed by atoms with Crippen LogP contribution < -0.4 is 11.1 Å². The number of rotatable bonds is 7. The van der Waals surface area contributed by atoms with Crippen molar-refractivity contribution in [3.63, 3.8) is 0 Å². The highest BCUT2D eigenvalue weighted by molar-refractivity contribution is 5.85. The van der Waals surface area contributed by atoms with Gasteiger partial charge in [-0.3, -0.25) is 4.79 Å². The van der Waals surface area contributed by atoms with Gasteiger partial charge >= 0.3 is 0 Å². The van der Waals surface area contributed by atoms with Gasteiger partial charge in [0.25, 0.3) is 0 Å². The van der Waals surface area contributed by atoms with Crippen molar-refractivity contribution in [1.82, 2.24) is 5.32 Å². The van der Waals surface area contributed by atoms with Gasteiger partial charge in [-0.05, 0) is 29.9 Å². The lowest BCUT2D eigenvalue weighted by Crippen LogP contribution is -2.39. The van der Waals surface area contributed by atoms with Crippen LogP contribution >= 0.6 is 12.4 Å². The van der Waals surface area contributed by atoms with Crippen LogP contribution in [-0.4, -0.2) is 18.5 Å². The predicted octanol–water partition coefficient (Wildman–Crippen LogP) is 3.48. The van der Waals surface area contributed by atoms with Gasteiger partial charge in [0.15, 0.2) is 0 Å². The third kappa shape index (κ3) is 5.08. The average molecular weight is 345 g/mol. The Morgan fingerprint density at radius 3 is 1.96 bits per heavy atom. The number of amides is 1. The monoisotopic (exact) mass is 344 g/mol. The lowest BCUT2D eigenvalue weighted by Gasteiger charge is -2.19. The summed E-state index contributed by atoms with van der Waals surface area (Å²) in [5, 5.41) is 3.01. The molecule has 24 heavy (non-hydrogen) atoms. The predicted molar refractivity (Wildman–Crippen MR) is 100 cm³/mol. The van der Waals surface area contributed by atoms with Gasteiger partial charge < -0.3 is 11.1 Å². The van der Waals surface area contributed by atoms with E-state index in [4.69, 9.17) is 5.73 Å². The van der Waals surface area contributed by atoms with Gasteiger partial charge in [0.2, 0.25) is 5.91 Å². The molecule has 4 heteroatoms. The summed E-state index contributed by atoms with van der Waals surface area (Å²) in [5.41, 5.74) is 8.40. The largest absolute Gasteiger partial charge is 0.355 e. The van der Waals surface area contributed by atoms with Crippen LogP contribution in [0, 0.1) is 5.92 Å². The highest BCUT2D eigenvalue weighted by Crippen LogP contribution is 2.31. The molecule has 1 fully saturated rings. The van der Waals surface area contributed by atoms with Crippen molar-refractivity contribution in [2.24, 2.45) is 11.7 Å². The number of benzene rings is 2. The molecule has 1 aliphatic rings. The fraction of sp³-hybridized carbons (Fsp3) is 0.350. The summed E-state index contributed by atoms with van der Waals surface area (Å²) in [7, 11) is 0. The zero-order valence-electron chi connectivity index (χ0n) is 13.7. The van der Waals surface area contributed by atoms with E-state index in [-0.39, 0.29) is 30.3 Å². The van der Waals surface area contributed by atoms with E-state index in [0.717, 1.165) is 0 Å². The molecule has 0 aliphatic heterocycles. The first-order valence-corrected chi connectivity index (χ1v) is 8.36. The van der Waals surface area contributed by atoms with Gasteiger partial charge in [0.05, 0.1) is 0 Å². The molecule has 2 aromatic rings. The van der Waals surface area contributed by atoms with Gasteiger partial charge in [0, 0.05) is 24.9 Å². The molecule has 1 amide bonds. The summed E-state index contributed by atoms with van der Waals surface area (Å²) >= 11 is 0. The quantitative estimate of drug-likeness (QED) is 0.807. The maximum absolute atomic E-state index is 12.4. The third-order valence-electron chi connectivity index (χ3n) is 4.56. The zero-order chi connectivity index (χ0) is 16.1. The number of carbonyl (C=O) groups excluding carboxylic acids is 1. The van der Waals surface area contributed by atoms with Crippen molar-refractivity contribution in [3.8, 4) is 0 Å². The second-order valence-electron chi connectivity index (χ2n) is 6.38. The van der Waals surface area contributed by atoms with Crippen LogP contribution in [0.25, 0.3) is 0 Å². The third-order valence-corrected chi connectivity index (χ3v) is 4.56. The molecule has 0 saturated heterocycles. The van der Waals surface area contributed by atoms with E-state index in [1.807, 2.05) is 36.4 Å². The summed E-state index contributed by atoms with van der Waals surface area (Å²) in [6.45, 7) is 0.583. The van der Waals surface area contributed by atoms with Gasteiger partial charge in [-0.1, -0.05) is 60.7 Å². The molecule has 3 rings (SSSR count). The first kappa shape index (κ1) is 18.5. The van der Waals surface area contributed by atoms with Crippen molar-refractivity contribution in [3.05, 3.63) is 71.8 Å². The summed E-state index contributed by atoms with van der Waals surface area (Å²) in [5.74, 6) is 0.752. The van der Waals surface area contributed by atoms with Crippen molar-refractivity contribution < 1.29 is 4.79 Å². The van der Waals surface area contributed by atoms with Gasteiger partial charge in [-0.15, -0.1) is 12.4 Å². The second kappa shape index (κ2) is 8.86. The Hall–Kier alpha value is -1.84. The minimum atomic E-state index is 0. The molecular formula is C20H25ClN2O. The van der Waals surface area contributed by atoms with E-state index in [1.54, 1.807) is 0 Å². The first-order valence-electron chi connectivity index (χ1n) is 8.36. The number of hydrogen-bond acceptors (Lipinski definition) is 2. The fourth-order valence-corrected chi connectivity index (χ4v) is 2.98. The summed E-state index contributed by atoms with van der Waals surface area (Å²) in [6.07, 6.45) is 2.85. The van der Waals surface area contributed by atoms with Crippen molar-refractivity contribution >= 4 is 18.3 Å². The second-order valence-corrected chi connectivity index (χ2v) is 6.38. The molecular weight excluding hydrogens is 320 g/mol. The number of halogens is 1. The van der Waals surface area contributed by atoms with Crippen LogP contribution in [0.2, 0.25) is 0 Å². The Balaban J connectivity index is 0.00000208. The van der Waals surface area contributed by atoms with Gasteiger partial charge in [-0.2, -0.15) is 0 Å². The Morgan fingerprint density at radius 1 is 1.00 bits per heavy atom. The molecule has 1 saturated carbocycles. The molecule has 0 bridgehead atoms. The van der Waals surface area contributed by atoms with Crippen molar-refractivity contribution in [2.75, 3.05) is 6.54 Å². The lowest BCUT2D eigenvalue weighted by atomic mass is 9.88. The SMILES string of the molecule is Cl.NC(CNC(=O)CC(c1ccccc1)c1ccccc1)C1CC1. The maximum atomic E-state index is 12.4. The minimum Gasteiger partial charge on any atom is -0.355 e. The standard InChI is InChI=1S/C20H24N2O.ClH/c21-19(17-11-12-17)14-22-20(23)13-18(15-7-3-1-4-8-15)16-9-5-2-6-10-16;/h1-10,17-19H,11-14,21H2,(H,22,23);1H. The Bertz CT molecular complexity index is 589. The maximum Gasteiger partial charge on any atom is 0.221 e. The van der Waals surface area contributed by atoms with Crippen molar-refractivity contribution in [2.45, 2.75) is 31.2 Å². The number of carbonyl (C=O) groups is 1. The van der Waals surface area contributed by atoms with Gasteiger partial charge in [-0.25, -0.2) is 0 Å². The summed E-state index contributed by atoms with van der Waals surface area (Å²) in [6, 6.07) is 20.5. The van der Waals surface area contributed by atoms with E-state index in [1.165, 1.54) is 24.0 Å². The topological polar surface area (TPSA) is 55.1 Å². The van der Waals surface area contributed by atoms with Crippen molar-refractivity contribution in [1.29, 1.82) is 0 Å². The van der Waals surface area contributed by atoms with E-state index < -0.39 is 0 Å². The van der Waals surface area contributed by atoms with Crippen LogP contribution in [-0.2, 0) is 4.79 Å². The Labute approximate surface area is 150 Å². The number of nitrogens with two attached hydrogens (primary N) is 1. The lowest BCUT2D eigenvalue weighted by molar-refractivity contribution is -0.121. The zero-order valence-corrected chi connectivity index (χ0v) is 14.5. The summed E-state index contributed by atoms with van der Waals surface area (Å²) < 4.78 is 0.